The first-order valence-corrected chi connectivity index (χ1v) is 8.63. The van der Waals surface area contributed by atoms with Crippen LogP contribution in [0.4, 0.5) is 0 Å². The van der Waals surface area contributed by atoms with E-state index in [-0.39, 0.29) is 6.04 Å². The summed E-state index contributed by atoms with van der Waals surface area (Å²) in [6.45, 7) is 8.37. The number of nitrogens with two attached hydrogens (primary N) is 1. The van der Waals surface area contributed by atoms with Gasteiger partial charge in [0.15, 0.2) is 0 Å². The van der Waals surface area contributed by atoms with Gasteiger partial charge in [0.2, 0.25) is 0 Å². The van der Waals surface area contributed by atoms with E-state index in [9.17, 15) is 0 Å². The molecule has 2 N–H and O–H groups in total. The summed E-state index contributed by atoms with van der Waals surface area (Å²) in [5, 5.41) is 0. The second-order valence-electron chi connectivity index (χ2n) is 5.68. The second kappa shape index (κ2) is 9.44. The number of hydrogen-bond donors (Lipinski definition) is 1. The van der Waals surface area contributed by atoms with E-state index in [1.807, 2.05) is 12.1 Å². The first-order chi connectivity index (χ1) is 10.0. The Kier molecular flexibility index (Phi) is 8.30. The van der Waals surface area contributed by atoms with E-state index < -0.39 is 0 Å². The zero-order valence-electron chi connectivity index (χ0n) is 13.7. The Morgan fingerprint density at radius 1 is 1.29 bits per heavy atom. The third-order valence-electron chi connectivity index (χ3n) is 3.86. The molecule has 0 heterocycles. The maximum Gasteiger partial charge on any atom is 0.123 e. The molecule has 0 radical (unpaired) electrons. The lowest BCUT2D eigenvalue weighted by atomic mass is 10.0. The molecule has 0 saturated carbocycles. The quantitative estimate of drug-likeness (QED) is 0.668. The minimum atomic E-state index is 0.189. The minimum Gasteiger partial charge on any atom is -0.496 e. The van der Waals surface area contributed by atoms with E-state index >= 15 is 0 Å². The minimum absolute atomic E-state index is 0.189. The Bertz CT molecular complexity index is 423. The largest absolute Gasteiger partial charge is 0.496 e. The van der Waals surface area contributed by atoms with Crippen LogP contribution in [0.1, 0.15) is 51.6 Å². The lowest BCUT2D eigenvalue weighted by Gasteiger charge is -2.35. The van der Waals surface area contributed by atoms with Gasteiger partial charge in [-0.2, -0.15) is 0 Å². The van der Waals surface area contributed by atoms with Crippen molar-refractivity contribution in [3.05, 3.63) is 28.2 Å². The SMILES string of the molecule is CCCCCN(C(C)C)C(CN)c1cc(Br)ccc1OC. The van der Waals surface area contributed by atoms with Gasteiger partial charge >= 0.3 is 0 Å². The van der Waals surface area contributed by atoms with Crippen LogP contribution in [0.3, 0.4) is 0 Å². The van der Waals surface area contributed by atoms with Gasteiger partial charge in [-0.15, -0.1) is 0 Å². The van der Waals surface area contributed by atoms with Crippen LogP contribution < -0.4 is 10.5 Å². The van der Waals surface area contributed by atoms with Crippen LogP contribution in [-0.4, -0.2) is 31.1 Å². The molecule has 1 rings (SSSR count). The summed E-state index contributed by atoms with van der Waals surface area (Å²) in [6.07, 6.45) is 3.71. The highest BCUT2D eigenvalue weighted by Crippen LogP contribution is 2.32. The van der Waals surface area contributed by atoms with Crippen molar-refractivity contribution in [3.63, 3.8) is 0 Å². The van der Waals surface area contributed by atoms with Crippen LogP contribution in [0.15, 0.2) is 22.7 Å². The molecule has 3 nitrogen and oxygen atoms in total. The molecular formula is C17H29BrN2O. The topological polar surface area (TPSA) is 38.5 Å². The molecule has 0 aliphatic heterocycles. The first-order valence-electron chi connectivity index (χ1n) is 7.84. The van der Waals surface area contributed by atoms with E-state index in [4.69, 9.17) is 10.5 Å². The molecule has 0 aromatic heterocycles. The fraction of sp³-hybridized carbons (Fsp3) is 0.647. The number of nitrogens with zero attached hydrogens (tertiary/aromatic N) is 1. The number of ether oxygens (including phenoxy) is 1. The lowest BCUT2D eigenvalue weighted by Crippen LogP contribution is -2.39. The van der Waals surface area contributed by atoms with Crippen molar-refractivity contribution in [1.29, 1.82) is 0 Å². The van der Waals surface area contributed by atoms with Gasteiger partial charge in [0, 0.05) is 22.6 Å². The highest BCUT2D eigenvalue weighted by molar-refractivity contribution is 9.10. The molecule has 120 valence electrons. The number of unbranched alkanes of at least 4 members (excludes halogenated alkanes) is 2. The molecule has 0 aliphatic rings. The predicted molar refractivity (Wildman–Crippen MR) is 93.9 cm³/mol. The van der Waals surface area contributed by atoms with Crippen molar-refractivity contribution in [1.82, 2.24) is 4.90 Å². The van der Waals surface area contributed by atoms with Gasteiger partial charge in [-0.05, 0) is 45.0 Å². The molecule has 0 saturated heterocycles. The number of benzene rings is 1. The van der Waals surface area contributed by atoms with Crippen LogP contribution >= 0.6 is 15.9 Å². The van der Waals surface area contributed by atoms with Crippen molar-refractivity contribution in [2.45, 2.75) is 52.1 Å². The van der Waals surface area contributed by atoms with Crippen LogP contribution in [-0.2, 0) is 0 Å². The Morgan fingerprint density at radius 3 is 2.52 bits per heavy atom. The zero-order chi connectivity index (χ0) is 15.8. The summed E-state index contributed by atoms with van der Waals surface area (Å²) in [7, 11) is 1.72. The molecule has 21 heavy (non-hydrogen) atoms. The second-order valence-corrected chi connectivity index (χ2v) is 6.59. The van der Waals surface area contributed by atoms with Gasteiger partial charge in [-0.1, -0.05) is 35.7 Å². The van der Waals surface area contributed by atoms with Crippen molar-refractivity contribution < 1.29 is 4.74 Å². The maximum atomic E-state index is 6.11. The summed E-state index contributed by atoms with van der Waals surface area (Å²) in [4.78, 5) is 2.49. The van der Waals surface area contributed by atoms with E-state index in [1.54, 1.807) is 7.11 Å². The number of halogens is 1. The van der Waals surface area contributed by atoms with Crippen molar-refractivity contribution in [3.8, 4) is 5.75 Å². The Balaban J connectivity index is 3.04. The monoisotopic (exact) mass is 356 g/mol. The smallest absolute Gasteiger partial charge is 0.123 e. The fourth-order valence-corrected chi connectivity index (χ4v) is 3.10. The Hall–Kier alpha value is -0.580. The lowest BCUT2D eigenvalue weighted by molar-refractivity contribution is 0.151. The highest BCUT2D eigenvalue weighted by Gasteiger charge is 2.24. The van der Waals surface area contributed by atoms with Crippen LogP contribution in [0.25, 0.3) is 0 Å². The molecule has 0 bridgehead atoms. The highest BCUT2D eigenvalue weighted by atomic mass is 79.9. The first kappa shape index (κ1) is 18.5. The molecule has 1 aromatic carbocycles. The maximum absolute atomic E-state index is 6.11. The molecule has 1 atom stereocenters. The van der Waals surface area contributed by atoms with E-state index in [0.29, 0.717) is 12.6 Å². The van der Waals surface area contributed by atoms with Gasteiger partial charge in [0.05, 0.1) is 13.2 Å². The standard InChI is InChI=1S/C17H29BrN2O/c1-5-6-7-10-20(13(2)3)16(12-19)15-11-14(18)8-9-17(15)21-4/h8-9,11,13,16H,5-7,10,12,19H2,1-4H3. The number of rotatable bonds is 9. The summed E-state index contributed by atoms with van der Waals surface area (Å²) in [6, 6.07) is 6.79. The Morgan fingerprint density at radius 2 is 2.00 bits per heavy atom. The van der Waals surface area contributed by atoms with E-state index in [0.717, 1.165) is 16.8 Å². The molecule has 1 aromatic rings. The van der Waals surface area contributed by atoms with Crippen molar-refractivity contribution in [2.24, 2.45) is 5.73 Å². The molecule has 1 unspecified atom stereocenters. The molecule has 4 heteroatoms. The van der Waals surface area contributed by atoms with Crippen LogP contribution in [0, 0.1) is 0 Å². The average molecular weight is 357 g/mol. The fourth-order valence-electron chi connectivity index (χ4n) is 2.72. The van der Waals surface area contributed by atoms with Gasteiger partial charge in [0.25, 0.3) is 0 Å². The number of hydrogen-bond acceptors (Lipinski definition) is 3. The summed E-state index contributed by atoms with van der Waals surface area (Å²) in [5.41, 5.74) is 7.28. The summed E-state index contributed by atoms with van der Waals surface area (Å²) < 4.78 is 6.60. The molecular weight excluding hydrogens is 328 g/mol. The molecule has 0 spiro atoms. The van der Waals surface area contributed by atoms with E-state index in [1.165, 1.54) is 24.8 Å². The van der Waals surface area contributed by atoms with E-state index in [2.05, 4.69) is 47.7 Å². The van der Waals surface area contributed by atoms with Crippen molar-refractivity contribution >= 4 is 15.9 Å². The third kappa shape index (κ3) is 5.28. The predicted octanol–water partition coefficient (Wildman–Crippen LogP) is 4.36. The normalized spacial score (nSPS) is 13.0. The third-order valence-corrected chi connectivity index (χ3v) is 4.35. The Labute approximate surface area is 138 Å². The number of methoxy groups -OCH3 is 1. The van der Waals surface area contributed by atoms with Gasteiger partial charge in [-0.3, -0.25) is 4.90 Å². The van der Waals surface area contributed by atoms with Crippen LogP contribution in [0.5, 0.6) is 5.75 Å². The molecule has 0 amide bonds. The summed E-state index contributed by atoms with van der Waals surface area (Å²) >= 11 is 3.56. The van der Waals surface area contributed by atoms with Gasteiger partial charge in [0.1, 0.15) is 5.75 Å². The average Bonchev–Trinajstić information content (AvgIpc) is 2.46. The molecule has 0 fully saturated rings. The van der Waals surface area contributed by atoms with Crippen molar-refractivity contribution in [2.75, 3.05) is 20.2 Å². The van der Waals surface area contributed by atoms with Gasteiger partial charge < -0.3 is 10.5 Å². The zero-order valence-corrected chi connectivity index (χ0v) is 15.3. The van der Waals surface area contributed by atoms with Crippen LogP contribution in [0.2, 0.25) is 0 Å². The molecule has 0 aliphatic carbocycles. The summed E-state index contributed by atoms with van der Waals surface area (Å²) in [5.74, 6) is 0.912. The van der Waals surface area contributed by atoms with Gasteiger partial charge in [-0.25, -0.2) is 0 Å².